The number of rotatable bonds is 6. The summed E-state index contributed by atoms with van der Waals surface area (Å²) in [5, 5.41) is 11.7. The van der Waals surface area contributed by atoms with Crippen molar-refractivity contribution in [3.8, 4) is 0 Å². The Balaban J connectivity index is 2.16. The molecule has 1 heterocycles. The highest BCUT2D eigenvalue weighted by molar-refractivity contribution is 5.99. The second-order valence-corrected chi connectivity index (χ2v) is 6.27. The van der Waals surface area contributed by atoms with Gasteiger partial charge in [-0.25, -0.2) is 14.4 Å². The normalized spacial score (nSPS) is 14.3. The van der Waals surface area contributed by atoms with Gasteiger partial charge in [-0.1, -0.05) is 0 Å². The molecule has 2 N–H and O–H groups in total. The van der Waals surface area contributed by atoms with Crippen molar-refractivity contribution >= 4 is 29.6 Å². The van der Waals surface area contributed by atoms with Crippen molar-refractivity contribution in [1.29, 1.82) is 0 Å². The predicted molar refractivity (Wildman–Crippen MR) is 99.3 cm³/mol. The minimum absolute atomic E-state index is 0.118. The van der Waals surface area contributed by atoms with E-state index in [-0.39, 0.29) is 30.0 Å². The molecule has 1 saturated heterocycles. The monoisotopic (exact) mass is 392 g/mol. The molecule has 0 bridgehead atoms. The summed E-state index contributed by atoms with van der Waals surface area (Å²) in [7, 11) is 0. The fourth-order valence-electron chi connectivity index (χ4n) is 2.90. The standard InChI is InChI=1S/C19H24N2O7/c1-3-27-17(24)13-9-14(18(25)28-4-2)11-15(10-13)20-19(26)21-7-5-12(6-8-21)16(22)23/h9-12H,3-8H2,1-2H3,(H,20,26)(H,22,23). The number of carbonyl (C=O) groups excluding carboxylic acids is 3. The largest absolute Gasteiger partial charge is 0.481 e. The van der Waals surface area contributed by atoms with E-state index >= 15 is 0 Å². The van der Waals surface area contributed by atoms with E-state index in [9.17, 15) is 19.2 Å². The Morgan fingerprint density at radius 3 is 1.93 bits per heavy atom. The topological polar surface area (TPSA) is 122 Å². The van der Waals surface area contributed by atoms with Crippen LogP contribution in [0.5, 0.6) is 0 Å². The van der Waals surface area contributed by atoms with Crippen LogP contribution in [0.4, 0.5) is 10.5 Å². The van der Waals surface area contributed by atoms with Crippen molar-refractivity contribution in [2.45, 2.75) is 26.7 Å². The van der Waals surface area contributed by atoms with Crippen molar-refractivity contribution in [2.75, 3.05) is 31.6 Å². The molecule has 0 atom stereocenters. The molecule has 28 heavy (non-hydrogen) atoms. The molecule has 9 nitrogen and oxygen atoms in total. The summed E-state index contributed by atoms with van der Waals surface area (Å²) in [6.45, 7) is 4.29. The third-order valence-corrected chi connectivity index (χ3v) is 4.34. The van der Waals surface area contributed by atoms with Gasteiger partial charge in [-0.3, -0.25) is 4.79 Å². The lowest BCUT2D eigenvalue weighted by Crippen LogP contribution is -2.42. The quantitative estimate of drug-likeness (QED) is 0.713. The molecular formula is C19H24N2O7. The summed E-state index contributed by atoms with van der Waals surface area (Å²) >= 11 is 0. The molecule has 1 aliphatic rings. The zero-order chi connectivity index (χ0) is 20.7. The highest BCUT2D eigenvalue weighted by Crippen LogP contribution is 2.21. The van der Waals surface area contributed by atoms with Crippen LogP contribution in [0.1, 0.15) is 47.4 Å². The number of amides is 2. The molecule has 1 aromatic rings. The van der Waals surface area contributed by atoms with E-state index in [1.54, 1.807) is 13.8 Å². The smallest absolute Gasteiger partial charge is 0.338 e. The van der Waals surface area contributed by atoms with Gasteiger partial charge in [0.2, 0.25) is 0 Å². The molecular weight excluding hydrogens is 368 g/mol. The van der Waals surface area contributed by atoms with Crippen LogP contribution in [0.3, 0.4) is 0 Å². The molecule has 1 aliphatic heterocycles. The Labute approximate surface area is 162 Å². The van der Waals surface area contributed by atoms with Gasteiger partial charge in [-0.05, 0) is 44.9 Å². The fourth-order valence-corrected chi connectivity index (χ4v) is 2.90. The van der Waals surface area contributed by atoms with Gasteiger partial charge in [0.15, 0.2) is 0 Å². The molecule has 0 aromatic heterocycles. The average molecular weight is 392 g/mol. The number of benzene rings is 1. The summed E-state index contributed by atoms with van der Waals surface area (Å²) < 4.78 is 9.93. The lowest BCUT2D eigenvalue weighted by atomic mass is 9.97. The summed E-state index contributed by atoms with van der Waals surface area (Å²) in [5.74, 6) is -2.55. The number of nitrogens with one attached hydrogen (secondary N) is 1. The lowest BCUT2D eigenvalue weighted by Gasteiger charge is -2.30. The number of urea groups is 1. The number of hydrogen-bond acceptors (Lipinski definition) is 6. The van der Waals surface area contributed by atoms with Gasteiger partial charge in [-0.15, -0.1) is 0 Å². The van der Waals surface area contributed by atoms with Gasteiger partial charge in [0.25, 0.3) is 0 Å². The van der Waals surface area contributed by atoms with E-state index in [1.165, 1.54) is 23.1 Å². The van der Waals surface area contributed by atoms with E-state index in [0.29, 0.717) is 25.9 Å². The van der Waals surface area contributed by atoms with Gasteiger partial charge >= 0.3 is 23.9 Å². The molecule has 1 aromatic carbocycles. The van der Waals surface area contributed by atoms with E-state index < -0.39 is 29.9 Å². The number of anilines is 1. The molecule has 0 radical (unpaired) electrons. The molecule has 152 valence electrons. The van der Waals surface area contributed by atoms with Crippen LogP contribution in [-0.2, 0) is 14.3 Å². The van der Waals surface area contributed by atoms with Crippen molar-refractivity contribution < 1.29 is 33.8 Å². The minimum atomic E-state index is -0.860. The number of carbonyl (C=O) groups is 4. The number of aliphatic carboxylic acids is 1. The van der Waals surface area contributed by atoms with Gasteiger partial charge in [-0.2, -0.15) is 0 Å². The summed E-state index contributed by atoms with van der Waals surface area (Å²) in [6, 6.07) is 3.76. The molecule has 2 rings (SSSR count). The van der Waals surface area contributed by atoms with Crippen molar-refractivity contribution in [2.24, 2.45) is 5.92 Å². The van der Waals surface area contributed by atoms with E-state index in [0.717, 1.165) is 0 Å². The Bertz CT molecular complexity index is 718. The van der Waals surface area contributed by atoms with Crippen molar-refractivity contribution in [3.05, 3.63) is 29.3 Å². The van der Waals surface area contributed by atoms with E-state index in [4.69, 9.17) is 14.6 Å². The maximum atomic E-state index is 12.5. The first-order valence-corrected chi connectivity index (χ1v) is 9.13. The third kappa shape index (κ3) is 5.45. The number of likely N-dealkylation sites (tertiary alicyclic amines) is 1. The second-order valence-electron chi connectivity index (χ2n) is 6.27. The Morgan fingerprint density at radius 2 is 1.50 bits per heavy atom. The number of piperidine rings is 1. The number of nitrogens with zero attached hydrogens (tertiary/aromatic N) is 1. The summed E-state index contributed by atoms with van der Waals surface area (Å²) in [6.07, 6.45) is 0.749. The first kappa shape index (κ1) is 21.2. The zero-order valence-electron chi connectivity index (χ0n) is 15.9. The van der Waals surface area contributed by atoms with Gasteiger partial charge in [0.05, 0.1) is 30.3 Å². The molecule has 1 fully saturated rings. The van der Waals surface area contributed by atoms with Crippen LogP contribution in [0, 0.1) is 5.92 Å². The number of esters is 2. The van der Waals surface area contributed by atoms with Crippen LogP contribution >= 0.6 is 0 Å². The van der Waals surface area contributed by atoms with Crippen molar-refractivity contribution in [1.82, 2.24) is 4.90 Å². The van der Waals surface area contributed by atoms with Crippen LogP contribution in [0.15, 0.2) is 18.2 Å². The van der Waals surface area contributed by atoms with E-state index in [1.807, 2.05) is 0 Å². The van der Waals surface area contributed by atoms with Gasteiger partial charge < -0.3 is 24.8 Å². The second kappa shape index (κ2) is 9.72. The first-order chi connectivity index (χ1) is 13.3. The SMILES string of the molecule is CCOC(=O)c1cc(NC(=O)N2CCC(C(=O)O)CC2)cc(C(=O)OCC)c1. The van der Waals surface area contributed by atoms with Gasteiger partial charge in [0, 0.05) is 18.8 Å². The number of carboxylic acids is 1. The molecule has 2 amide bonds. The van der Waals surface area contributed by atoms with Crippen LogP contribution in [0.2, 0.25) is 0 Å². The summed E-state index contributed by atoms with van der Waals surface area (Å²) in [4.78, 5) is 49.1. The highest BCUT2D eigenvalue weighted by Gasteiger charge is 2.27. The van der Waals surface area contributed by atoms with Crippen LogP contribution in [-0.4, -0.2) is 60.2 Å². The van der Waals surface area contributed by atoms with E-state index in [2.05, 4.69) is 5.32 Å². The first-order valence-electron chi connectivity index (χ1n) is 9.13. The minimum Gasteiger partial charge on any atom is -0.481 e. The predicted octanol–water partition coefficient (Wildman–Crippen LogP) is 2.37. The van der Waals surface area contributed by atoms with Gasteiger partial charge in [0.1, 0.15) is 0 Å². The molecule has 9 heteroatoms. The number of carboxylic acid groups (broad SMARTS) is 1. The Morgan fingerprint density at radius 1 is 1.00 bits per heavy atom. The summed E-state index contributed by atoms with van der Waals surface area (Å²) in [5.41, 5.74) is 0.485. The maximum absolute atomic E-state index is 12.5. The van der Waals surface area contributed by atoms with Crippen LogP contribution in [0.25, 0.3) is 0 Å². The molecule has 0 saturated carbocycles. The number of ether oxygens (including phenoxy) is 2. The molecule has 0 aliphatic carbocycles. The maximum Gasteiger partial charge on any atom is 0.338 e. The highest BCUT2D eigenvalue weighted by atomic mass is 16.5. The Kier molecular flexibility index (Phi) is 7.36. The van der Waals surface area contributed by atoms with Crippen LogP contribution < -0.4 is 5.32 Å². The number of hydrogen-bond donors (Lipinski definition) is 2. The fraction of sp³-hybridized carbons (Fsp3) is 0.474. The van der Waals surface area contributed by atoms with Crippen molar-refractivity contribution in [3.63, 3.8) is 0 Å². The average Bonchev–Trinajstić information content (AvgIpc) is 2.68. The molecule has 0 unspecified atom stereocenters. The zero-order valence-corrected chi connectivity index (χ0v) is 15.9. The Hall–Kier alpha value is -3.10. The molecule has 0 spiro atoms. The third-order valence-electron chi connectivity index (χ3n) is 4.34. The lowest BCUT2D eigenvalue weighted by molar-refractivity contribution is -0.143.